The van der Waals surface area contributed by atoms with E-state index in [-0.39, 0.29) is 12.2 Å². The van der Waals surface area contributed by atoms with Crippen LogP contribution in [0, 0.1) is 0 Å². The lowest BCUT2D eigenvalue weighted by molar-refractivity contribution is 0.134. The summed E-state index contributed by atoms with van der Waals surface area (Å²) < 4.78 is 25.6. The van der Waals surface area contributed by atoms with Crippen molar-refractivity contribution in [1.82, 2.24) is 9.13 Å². The maximum atomic E-state index is 5.75. The Balaban J connectivity index is 0.000000142. The standard InChI is InChI=1S/C21H19NO.C21H21NO.C18H13N.C18H15N.C15H17N.2C4H10O/c1-15(2)23-17-13-11-16(12-14-17)22-20-9-5-3-7-18(20)19-8-4-6-10-21(19)22;1-17(2)23-21-15-13-20(14-16-21)22(18-9-5-3-6-10-18)19-11-7-4-8-12-19;1-2-8-14(9-3-1)19-17-12-6-4-10-15(17)16-11-5-7-13-18(16)19;1-4-10-16(11-5-1)19(17-12-6-2-7-13-17)18-14-8-3-9-15-18;1-13(2)16(14-9-5-3-6-10-14)15-11-7-4-8-12-15;2*1-4(2)5-3/h3-15H,1-2H3;3-17H,1-2H3;1-13H;1-15H;3-13H,1-2H3;2*4H,1-3H3. The molecule has 0 saturated carbocycles. The van der Waals surface area contributed by atoms with Crippen LogP contribution in [0.2, 0.25) is 0 Å². The minimum atomic E-state index is 0.181. The Morgan fingerprint density at radius 1 is 0.209 bits per heavy atom. The molecule has 16 aromatic rings. The smallest absolute Gasteiger partial charge is 0.119 e. The third kappa shape index (κ3) is 22.4. The molecule has 0 spiro atoms. The number of anilines is 8. The van der Waals surface area contributed by atoms with E-state index in [4.69, 9.17) is 18.9 Å². The first-order valence-corrected chi connectivity index (χ1v) is 38.1. The highest BCUT2D eigenvalue weighted by atomic mass is 16.5. The van der Waals surface area contributed by atoms with Crippen molar-refractivity contribution < 1.29 is 18.9 Å². The summed E-state index contributed by atoms with van der Waals surface area (Å²) in [5, 5.41) is 5.18. The lowest BCUT2D eigenvalue weighted by atomic mass is 10.2. The summed E-state index contributed by atoms with van der Waals surface area (Å²) in [6, 6.07) is 135. The SMILES string of the molecule is CC(C)N(c1ccccc1)c1ccccc1.CC(C)Oc1ccc(-n2c3ccccc3c3ccccc32)cc1.CC(C)Oc1ccc(N(c2ccccc2)c2ccccc2)cc1.COC(C)C.COC(C)C.c1ccc(-n2c3ccccc3c3ccccc32)cc1.c1ccc(N(c2ccccc2)c2ccccc2)cc1. The molecule has 0 saturated heterocycles. The van der Waals surface area contributed by atoms with Crippen molar-refractivity contribution in [1.29, 1.82) is 0 Å². The fourth-order valence-electron chi connectivity index (χ4n) is 12.6. The van der Waals surface area contributed by atoms with E-state index >= 15 is 0 Å². The lowest BCUT2D eigenvalue weighted by Gasteiger charge is -2.29. The molecule has 0 aliphatic heterocycles. The molecule has 2 aromatic heterocycles. The minimum absolute atomic E-state index is 0.181. The van der Waals surface area contributed by atoms with Crippen molar-refractivity contribution in [2.75, 3.05) is 28.9 Å². The first kappa shape index (κ1) is 80.1. The molecule has 558 valence electrons. The molecule has 9 heteroatoms. The van der Waals surface area contributed by atoms with Crippen LogP contribution in [0.4, 0.5) is 45.5 Å². The number of fused-ring (bicyclic) bond motifs is 6. The molecule has 110 heavy (non-hydrogen) atoms. The van der Waals surface area contributed by atoms with Crippen molar-refractivity contribution in [3.63, 3.8) is 0 Å². The molecule has 0 radical (unpaired) electrons. The highest BCUT2D eigenvalue weighted by Crippen LogP contribution is 2.38. The first-order chi connectivity index (χ1) is 53.7. The van der Waals surface area contributed by atoms with Crippen molar-refractivity contribution in [2.24, 2.45) is 0 Å². The maximum Gasteiger partial charge on any atom is 0.119 e. The predicted octanol–water partition coefficient (Wildman–Crippen LogP) is 27.8. The van der Waals surface area contributed by atoms with Crippen molar-refractivity contribution in [2.45, 2.75) is 99.7 Å². The van der Waals surface area contributed by atoms with E-state index in [1.807, 2.05) is 122 Å². The number of hydrogen-bond donors (Lipinski definition) is 0. The Morgan fingerprint density at radius 3 is 0.645 bits per heavy atom. The summed E-state index contributed by atoms with van der Waals surface area (Å²) >= 11 is 0. The fraction of sp³-hybridized carbons (Fsp3) is 0.168. The normalized spacial score (nSPS) is 10.7. The van der Waals surface area contributed by atoms with E-state index in [9.17, 15) is 0 Å². The van der Waals surface area contributed by atoms with E-state index in [0.29, 0.717) is 18.2 Å². The zero-order valence-electron chi connectivity index (χ0n) is 65.7. The average Bonchev–Trinajstić information content (AvgIpc) is 1.61. The zero-order valence-corrected chi connectivity index (χ0v) is 65.7. The van der Waals surface area contributed by atoms with Gasteiger partial charge in [0.2, 0.25) is 0 Å². The van der Waals surface area contributed by atoms with E-state index in [0.717, 1.165) is 34.2 Å². The van der Waals surface area contributed by atoms with Crippen molar-refractivity contribution in [3.05, 3.63) is 388 Å². The summed E-state index contributed by atoms with van der Waals surface area (Å²) in [4.78, 5) is 6.82. The number of methoxy groups -OCH3 is 2. The highest BCUT2D eigenvalue weighted by Gasteiger charge is 2.17. The lowest BCUT2D eigenvalue weighted by Crippen LogP contribution is -2.25. The Morgan fingerprint density at radius 2 is 0.409 bits per heavy atom. The van der Waals surface area contributed by atoms with E-state index < -0.39 is 0 Å². The first-order valence-electron chi connectivity index (χ1n) is 38.1. The van der Waals surface area contributed by atoms with Gasteiger partial charge in [-0.25, -0.2) is 0 Å². The van der Waals surface area contributed by atoms with E-state index in [1.165, 1.54) is 77.7 Å². The van der Waals surface area contributed by atoms with Crippen LogP contribution in [0.1, 0.15) is 69.2 Å². The Kier molecular flexibility index (Phi) is 30.3. The van der Waals surface area contributed by atoms with Gasteiger partial charge >= 0.3 is 0 Å². The van der Waals surface area contributed by atoms with E-state index in [1.54, 1.807) is 14.2 Å². The number of hydrogen-bond acceptors (Lipinski definition) is 7. The average molecular weight is 1450 g/mol. The highest BCUT2D eigenvalue weighted by molar-refractivity contribution is 6.10. The van der Waals surface area contributed by atoms with Gasteiger partial charge in [0.05, 0.1) is 46.5 Å². The summed E-state index contributed by atoms with van der Waals surface area (Å²) in [6.07, 6.45) is 1.14. The van der Waals surface area contributed by atoms with E-state index in [2.05, 4.69) is 359 Å². The van der Waals surface area contributed by atoms with Crippen molar-refractivity contribution >= 4 is 89.1 Å². The van der Waals surface area contributed by atoms with Crippen molar-refractivity contribution in [3.8, 4) is 22.9 Å². The molecule has 0 amide bonds. The molecule has 0 aliphatic carbocycles. The topological polar surface area (TPSA) is 56.5 Å². The summed E-state index contributed by atoms with van der Waals surface area (Å²) in [7, 11) is 3.40. The molecule has 0 unspecified atom stereocenters. The van der Waals surface area contributed by atoms with Gasteiger partial charge in [0.15, 0.2) is 0 Å². The fourth-order valence-corrected chi connectivity index (χ4v) is 12.6. The molecular weight excluding hydrogens is 1350 g/mol. The number of ether oxygens (including phenoxy) is 4. The largest absolute Gasteiger partial charge is 0.491 e. The summed E-state index contributed by atoms with van der Waals surface area (Å²) in [5.74, 6) is 1.80. The molecule has 14 aromatic carbocycles. The second kappa shape index (κ2) is 41.6. The van der Waals surface area contributed by atoms with Crippen LogP contribution < -0.4 is 24.2 Å². The van der Waals surface area contributed by atoms with Gasteiger partial charge in [-0.3, -0.25) is 0 Å². The molecule has 0 fully saturated rings. The van der Waals surface area contributed by atoms with Crippen LogP contribution in [0.15, 0.2) is 388 Å². The number of rotatable bonds is 17. The second-order valence-electron chi connectivity index (χ2n) is 27.4. The van der Waals surface area contributed by atoms with Crippen LogP contribution >= 0.6 is 0 Å². The Bertz CT molecular complexity index is 4950. The molecule has 0 N–H and O–H groups in total. The van der Waals surface area contributed by atoms with Crippen LogP contribution in [0.3, 0.4) is 0 Å². The zero-order chi connectivity index (χ0) is 77.4. The quantitative estimate of drug-likeness (QED) is 0.0900. The monoisotopic (exact) mass is 1450 g/mol. The molecule has 0 bridgehead atoms. The molecule has 0 aliphatic rings. The van der Waals surface area contributed by atoms with Gasteiger partial charge in [-0.1, -0.05) is 218 Å². The third-order valence-corrected chi connectivity index (χ3v) is 17.7. The second-order valence-corrected chi connectivity index (χ2v) is 27.4. The number of aromatic nitrogens is 2. The maximum absolute atomic E-state index is 5.75. The molecule has 0 atom stereocenters. The predicted molar refractivity (Wildman–Crippen MR) is 470 cm³/mol. The minimum Gasteiger partial charge on any atom is -0.491 e. The van der Waals surface area contributed by atoms with Crippen LogP contribution in [-0.2, 0) is 9.47 Å². The van der Waals surface area contributed by atoms with Crippen LogP contribution in [0.5, 0.6) is 11.5 Å². The van der Waals surface area contributed by atoms with Gasteiger partial charge < -0.3 is 42.8 Å². The molecule has 16 rings (SSSR count). The number of nitrogens with zero attached hydrogens (tertiary/aromatic N) is 5. The number of benzene rings is 14. The van der Waals surface area contributed by atoms with Gasteiger partial charge in [0, 0.05) is 98.7 Å². The van der Waals surface area contributed by atoms with Gasteiger partial charge in [-0.15, -0.1) is 0 Å². The summed E-state index contributed by atoms with van der Waals surface area (Å²) in [6.45, 7) is 20.6. The Labute approximate surface area is 653 Å². The van der Waals surface area contributed by atoms with Gasteiger partial charge in [0.1, 0.15) is 11.5 Å². The third-order valence-electron chi connectivity index (χ3n) is 17.7. The summed E-state index contributed by atoms with van der Waals surface area (Å²) in [5.41, 5.74) is 16.7. The van der Waals surface area contributed by atoms with Crippen LogP contribution in [-0.4, -0.2) is 53.8 Å². The molecular formula is C101H105N5O4. The molecule has 9 nitrogen and oxygen atoms in total. The van der Waals surface area contributed by atoms with Gasteiger partial charge in [-0.05, 0) is 239 Å². The van der Waals surface area contributed by atoms with Crippen LogP contribution in [0.25, 0.3) is 55.0 Å². The Hall–Kier alpha value is -12.4. The number of para-hydroxylation sites is 12. The van der Waals surface area contributed by atoms with Gasteiger partial charge in [0.25, 0.3) is 0 Å². The molecule has 2 heterocycles. The van der Waals surface area contributed by atoms with Gasteiger partial charge in [-0.2, -0.15) is 0 Å².